The fourth-order valence-corrected chi connectivity index (χ4v) is 2.50. The molecule has 0 saturated heterocycles. The van der Waals surface area contributed by atoms with Crippen molar-refractivity contribution in [2.24, 2.45) is 0 Å². The van der Waals surface area contributed by atoms with Crippen LogP contribution in [0.5, 0.6) is 5.75 Å². The molecule has 1 unspecified atom stereocenters. The summed E-state index contributed by atoms with van der Waals surface area (Å²) in [6, 6.07) is 4.98. The molecule has 1 aromatic rings. The van der Waals surface area contributed by atoms with Crippen molar-refractivity contribution >= 4 is 22.4 Å². The molecular formula is C12H18N2O3S. The van der Waals surface area contributed by atoms with Crippen LogP contribution in [0.3, 0.4) is 0 Å². The van der Waals surface area contributed by atoms with Crippen LogP contribution in [0.25, 0.3) is 0 Å². The van der Waals surface area contributed by atoms with E-state index in [-0.39, 0.29) is 11.7 Å². The van der Waals surface area contributed by atoms with Crippen molar-refractivity contribution in [3.8, 4) is 5.75 Å². The van der Waals surface area contributed by atoms with Gasteiger partial charge in [0.1, 0.15) is 11.5 Å². The maximum Gasteiger partial charge on any atom is 0.235 e. The lowest BCUT2D eigenvalue weighted by atomic mass is 10.3. The maximum absolute atomic E-state index is 12.1. The molecule has 0 aromatic heterocycles. The highest BCUT2D eigenvalue weighted by molar-refractivity contribution is 7.86. The number of rotatable bonds is 5. The minimum atomic E-state index is -1.46. The summed E-state index contributed by atoms with van der Waals surface area (Å²) in [6.45, 7) is 2.38. The second-order valence-electron chi connectivity index (χ2n) is 3.91. The van der Waals surface area contributed by atoms with E-state index in [0.717, 1.165) is 0 Å². The van der Waals surface area contributed by atoms with Crippen LogP contribution in [0.2, 0.25) is 0 Å². The molecule has 0 spiro atoms. The molecule has 0 bridgehead atoms. The number of anilines is 1. The molecule has 0 radical (unpaired) electrons. The van der Waals surface area contributed by atoms with Crippen molar-refractivity contribution < 1.29 is 13.7 Å². The third-order valence-electron chi connectivity index (χ3n) is 2.29. The Bertz CT molecular complexity index is 461. The summed E-state index contributed by atoms with van der Waals surface area (Å²) >= 11 is 0. The predicted molar refractivity (Wildman–Crippen MR) is 72.0 cm³/mol. The van der Waals surface area contributed by atoms with Crippen LogP contribution < -0.4 is 10.5 Å². The molecule has 6 heteroatoms. The highest BCUT2D eigenvalue weighted by atomic mass is 32.2. The van der Waals surface area contributed by atoms with Crippen LogP contribution in [-0.2, 0) is 15.6 Å². The van der Waals surface area contributed by atoms with Crippen LogP contribution in [0, 0.1) is 0 Å². The van der Waals surface area contributed by atoms with Gasteiger partial charge in [0.15, 0.2) is 0 Å². The average molecular weight is 270 g/mol. The monoisotopic (exact) mass is 270 g/mol. The Balaban J connectivity index is 2.90. The molecule has 5 nitrogen and oxygen atoms in total. The second kappa shape index (κ2) is 6.39. The van der Waals surface area contributed by atoms with Gasteiger partial charge in [0.25, 0.3) is 0 Å². The summed E-state index contributed by atoms with van der Waals surface area (Å²) in [4.78, 5) is 13.4. The van der Waals surface area contributed by atoms with Crippen molar-refractivity contribution in [1.82, 2.24) is 4.90 Å². The van der Waals surface area contributed by atoms with Gasteiger partial charge in [-0.1, -0.05) is 0 Å². The zero-order valence-corrected chi connectivity index (χ0v) is 11.6. The average Bonchev–Trinajstić information content (AvgIpc) is 2.31. The highest BCUT2D eigenvalue weighted by Gasteiger charge is 2.15. The van der Waals surface area contributed by atoms with Crippen molar-refractivity contribution in [3.05, 3.63) is 18.2 Å². The maximum atomic E-state index is 12.1. The summed E-state index contributed by atoms with van der Waals surface area (Å²) in [6.07, 6.45) is 0. The first-order chi connectivity index (χ1) is 8.45. The molecule has 0 saturated carbocycles. The molecule has 1 amide bonds. The molecule has 0 heterocycles. The number of nitrogens with two attached hydrogens (primary N) is 1. The predicted octanol–water partition coefficient (Wildman–Crippen LogP) is 0.863. The number of benzene rings is 1. The molecule has 0 aliphatic heterocycles. The largest absolute Gasteiger partial charge is 0.494 e. The summed E-state index contributed by atoms with van der Waals surface area (Å²) < 4.78 is 17.4. The van der Waals surface area contributed by atoms with Gasteiger partial charge in [-0.15, -0.1) is 0 Å². The van der Waals surface area contributed by atoms with Crippen LogP contribution in [0.1, 0.15) is 6.92 Å². The topological polar surface area (TPSA) is 72.6 Å². The van der Waals surface area contributed by atoms with Gasteiger partial charge in [0.05, 0.1) is 22.3 Å². The minimum Gasteiger partial charge on any atom is -0.494 e. The summed E-state index contributed by atoms with van der Waals surface area (Å²) in [5, 5.41) is 0. The number of hydrogen-bond donors (Lipinski definition) is 1. The Hall–Kier alpha value is -1.56. The number of carbonyl (C=O) groups excluding carboxylic acids is 1. The lowest BCUT2D eigenvalue weighted by molar-refractivity contribution is -0.125. The van der Waals surface area contributed by atoms with Gasteiger partial charge in [-0.3, -0.25) is 9.00 Å². The third-order valence-corrected chi connectivity index (χ3v) is 3.65. The van der Waals surface area contributed by atoms with Crippen LogP contribution in [0.4, 0.5) is 5.69 Å². The van der Waals surface area contributed by atoms with Gasteiger partial charge < -0.3 is 15.4 Å². The van der Waals surface area contributed by atoms with Crippen molar-refractivity contribution in [3.63, 3.8) is 0 Å². The minimum absolute atomic E-state index is 0.0766. The molecule has 0 aliphatic carbocycles. The van der Waals surface area contributed by atoms with Crippen molar-refractivity contribution in [1.29, 1.82) is 0 Å². The Morgan fingerprint density at radius 2 is 2.11 bits per heavy atom. The zero-order chi connectivity index (χ0) is 13.7. The lowest BCUT2D eigenvalue weighted by Gasteiger charge is -2.12. The Kier molecular flexibility index (Phi) is 5.15. The smallest absolute Gasteiger partial charge is 0.235 e. The molecule has 0 aliphatic rings. The van der Waals surface area contributed by atoms with Gasteiger partial charge in [0, 0.05) is 19.8 Å². The van der Waals surface area contributed by atoms with Crippen LogP contribution in [-0.4, -0.2) is 41.5 Å². The Labute approximate surface area is 109 Å². The molecule has 100 valence electrons. The number of amides is 1. The van der Waals surface area contributed by atoms with E-state index in [4.69, 9.17) is 10.5 Å². The fourth-order valence-electron chi connectivity index (χ4n) is 1.29. The standard InChI is InChI=1S/C12H18N2O3S/c1-4-17-9-5-6-10(13)11(7-9)18(16)8-12(15)14(2)3/h5-7H,4,8,13H2,1-3H3. The van der Waals surface area contributed by atoms with E-state index >= 15 is 0 Å². The molecule has 1 atom stereocenters. The van der Waals surface area contributed by atoms with E-state index < -0.39 is 10.8 Å². The normalized spacial score (nSPS) is 11.9. The number of nitrogens with zero attached hydrogens (tertiary/aromatic N) is 1. The number of hydrogen-bond acceptors (Lipinski definition) is 4. The van der Waals surface area contributed by atoms with Crippen molar-refractivity contribution in [2.75, 3.05) is 32.2 Å². The summed E-state index contributed by atoms with van der Waals surface area (Å²) in [7, 11) is 1.79. The van der Waals surface area contributed by atoms with E-state index in [0.29, 0.717) is 22.9 Å². The first-order valence-electron chi connectivity index (χ1n) is 5.56. The number of ether oxygens (including phenoxy) is 1. The first kappa shape index (κ1) is 14.5. The summed E-state index contributed by atoms with van der Waals surface area (Å²) in [5.74, 6) is 0.328. The highest BCUT2D eigenvalue weighted by Crippen LogP contribution is 2.23. The fraction of sp³-hybridized carbons (Fsp3) is 0.417. The van der Waals surface area contributed by atoms with Gasteiger partial charge in [-0.2, -0.15) is 0 Å². The number of nitrogen functional groups attached to an aromatic ring is 1. The molecule has 0 fully saturated rings. The summed E-state index contributed by atoms with van der Waals surface area (Å²) in [5.41, 5.74) is 6.17. The van der Waals surface area contributed by atoms with Crippen LogP contribution >= 0.6 is 0 Å². The van der Waals surface area contributed by atoms with E-state index in [9.17, 15) is 9.00 Å². The third kappa shape index (κ3) is 3.73. The second-order valence-corrected chi connectivity index (χ2v) is 5.33. The molecule has 1 rings (SSSR count). The molecule has 2 N–H and O–H groups in total. The zero-order valence-electron chi connectivity index (χ0n) is 10.8. The SMILES string of the molecule is CCOc1ccc(N)c(S(=O)CC(=O)N(C)C)c1. The van der Waals surface area contributed by atoms with E-state index in [1.807, 2.05) is 6.92 Å². The first-order valence-corrected chi connectivity index (χ1v) is 6.88. The van der Waals surface area contributed by atoms with E-state index in [1.54, 1.807) is 32.3 Å². The number of carbonyl (C=O) groups is 1. The molecule has 18 heavy (non-hydrogen) atoms. The van der Waals surface area contributed by atoms with Crippen molar-refractivity contribution in [2.45, 2.75) is 11.8 Å². The quantitative estimate of drug-likeness (QED) is 0.806. The Morgan fingerprint density at radius 1 is 1.44 bits per heavy atom. The van der Waals surface area contributed by atoms with E-state index in [2.05, 4.69) is 0 Å². The lowest BCUT2D eigenvalue weighted by Crippen LogP contribution is -2.27. The molecular weight excluding hydrogens is 252 g/mol. The molecule has 1 aromatic carbocycles. The van der Waals surface area contributed by atoms with Gasteiger partial charge in [0.2, 0.25) is 5.91 Å². The van der Waals surface area contributed by atoms with Gasteiger partial charge >= 0.3 is 0 Å². The van der Waals surface area contributed by atoms with Gasteiger partial charge in [-0.05, 0) is 25.1 Å². The van der Waals surface area contributed by atoms with E-state index in [1.165, 1.54) is 4.90 Å². The van der Waals surface area contributed by atoms with Gasteiger partial charge in [-0.25, -0.2) is 0 Å². The van der Waals surface area contributed by atoms with Crippen LogP contribution in [0.15, 0.2) is 23.1 Å². The Morgan fingerprint density at radius 3 is 2.67 bits per heavy atom.